The maximum atomic E-state index is 12.4. The van der Waals surface area contributed by atoms with Crippen LogP contribution in [0.25, 0.3) is 0 Å². The Morgan fingerprint density at radius 3 is 1.42 bits per heavy atom. The molecule has 0 aromatic rings. The van der Waals surface area contributed by atoms with Crippen LogP contribution in [0.5, 0.6) is 0 Å². The maximum absolute atomic E-state index is 12.4. The fourth-order valence-corrected chi connectivity index (χ4v) is 5.10. The molecule has 0 aromatic carbocycles. The summed E-state index contributed by atoms with van der Waals surface area (Å²) < 4.78 is 64.2. The van der Waals surface area contributed by atoms with Crippen LogP contribution in [-0.2, 0) is 65.4 Å². The van der Waals surface area contributed by atoms with E-state index in [2.05, 4.69) is 0 Å². The van der Waals surface area contributed by atoms with Crippen molar-refractivity contribution >= 4 is 39.5 Å². The van der Waals surface area contributed by atoms with Gasteiger partial charge in [-0.25, -0.2) is 9.13 Å². The van der Waals surface area contributed by atoms with E-state index in [0.717, 1.165) is 32.1 Å². The lowest BCUT2D eigenvalue weighted by Crippen LogP contribution is -2.30. The first-order valence-corrected chi connectivity index (χ1v) is 19.3. The minimum Gasteiger partial charge on any atom is -0.462 e. The van der Waals surface area contributed by atoms with Gasteiger partial charge >= 0.3 is 39.5 Å². The monoisotopic (exact) mass is 736 g/mol. The highest BCUT2D eigenvalue weighted by Crippen LogP contribution is 2.45. The van der Waals surface area contributed by atoms with E-state index in [-0.39, 0.29) is 25.7 Å². The smallest absolute Gasteiger partial charge is 0.462 e. The largest absolute Gasteiger partial charge is 0.472 e. The normalized spacial score (nSPS) is 15.7. The summed E-state index contributed by atoms with van der Waals surface area (Å²) in [5.41, 5.74) is 0. The topological polar surface area (TPSA) is 237 Å². The fraction of sp³-hybridized carbons (Fsp3) is 0.862. The zero-order valence-corrected chi connectivity index (χ0v) is 30.2. The third-order valence-corrected chi connectivity index (χ3v) is 8.03. The van der Waals surface area contributed by atoms with E-state index < -0.39 is 97.5 Å². The van der Waals surface area contributed by atoms with Crippen LogP contribution in [0, 0.1) is 0 Å². The summed E-state index contributed by atoms with van der Waals surface area (Å²) in [6.07, 6.45) is 2.31. The highest BCUT2D eigenvalue weighted by Gasteiger charge is 2.30. The predicted molar refractivity (Wildman–Crippen MR) is 169 cm³/mol. The van der Waals surface area contributed by atoms with Crippen LogP contribution in [0.1, 0.15) is 105 Å². The van der Waals surface area contributed by atoms with E-state index in [4.69, 9.17) is 37.0 Å². The van der Waals surface area contributed by atoms with Crippen molar-refractivity contribution < 1.29 is 80.2 Å². The standard InChI is InChI=1S/C29H54O17P2/c1-5-9-11-13-15-27(32)40-20-25(45-28(33)14-7-3)22-44-48(37,38)42-18-23(30)17-41-47(35,36)43-21-24(19-39-26(31)8-4)46-29(34)16-12-10-6-2/h23-25,30H,5-22H2,1-4H3,(H,35,36)(H,37,38)/t23-,24-,25-/m1/s1. The van der Waals surface area contributed by atoms with Gasteiger partial charge in [0.15, 0.2) is 12.2 Å². The Bertz CT molecular complexity index is 1020. The van der Waals surface area contributed by atoms with Crippen molar-refractivity contribution in [2.24, 2.45) is 0 Å². The van der Waals surface area contributed by atoms with Gasteiger partial charge in [0.1, 0.15) is 19.3 Å². The maximum Gasteiger partial charge on any atom is 0.472 e. The quantitative estimate of drug-likeness (QED) is 0.0403. The van der Waals surface area contributed by atoms with E-state index >= 15 is 0 Å². The molecule has 0 saturated heterocycles. The third-order valence-electron chi connectivity index (χ3n) is 6.13. The molecule has 0 saturated carbocycles. The van der Waals surface area contributed by atoms with E-state index in [1.165, 1.54) is 0 Å². The van der Waals surface area contributed by atoms with E-state index in [0.29, 0.717) is 19.3 Å². The van der Waals surface area contributed by atoms with Crippen LogP contribution in [0.4, 0.5) is 0 Å². The predicted octanol–water partition coefficient (Wildman–Crippen LogP) is 4.29. The number of ether oxygens (including phenoxy) is 4. The lowest BCUT2D eigenvalue weighted by atomic mass is 10.2. The van der Waals surface area contributed by atoms with Gasteiger partial charge in [-0.1, -0.05) is 59.8 Å². The fourth-order valence-electron chi connectivity index (χ4n) is 3.53. The van der Waals surface area contributed by atoms with E-state index in [9.17, 15) is 43.2 Å². The number of esters is 4. The summed E-state index contributed by atoms with van der Waals surface area (Å²) in [5, 5.41) is 10.1. The molecular weight excluding hydrogens is 682 g/mol. The first-order valence-electron chi connectivity index (χ1n) is 16.3. The highest BCUT2D eigenvalue weighted by atomic mass is 31.2. The summed E-state index contributed by atoms with van der Waals surface area (Å²) >= 11 is 0. The molecule has 282 valence electrons. The number of carbonyl (C=O) groups is 4. The molecule has 3 N–H and O–H groups in total. The Hall–Kier alpha value is -1.94. The Morgan fingerprint density at radius 1 is 0.521 bits per heavy atom. The second-order valence-corrected chi connectivity index (χ2v) is 13.6. The van der Waals surface area contributed by atoms with Gasteiger partial charge in [0.25, 0.3) is 0 Å². The molecule has 0 heterocycles. The third kappa shape index (κ3) is 26.0. The Labute approximate surface area is 282 Å². The molecular formula is C29H54O17P2. The average Bonchev–Trinajstić information content (AvgIpc) is 3.03. The number of unbranched alkanes of at least 4 members (excludes halogenated alkanes) is 5. The molecule has 0 spiro atoms. The Kier molecular flexibility index (Phi) is 25.8. The SMILES string of the molecule is CCCCCCC(=O)OC[C@H](COP(=O)(O)OC[C@H](O)COP(=O)(O)OC[C@@H](COC(=O)CC)OC(=O)CCCCC)OC(=O)CCC. The number of phosphoric acid groups is 2. The molecule has 2 unspecified atom stereocenters. The second kappa shape index (κ2) is 26.9. The highest BCUT2D eigenvalue weighted by molar-refractivity contribution is 7.47. The number of aliphatic hydroxyl groups is 1. The van der Waals surface area contributed by atoms with Gasteiger partial charge in [0.05, 0.1) is 26.4 Å². The number of aliphatic hydroxyl groups excluding tert-OH is 1. The molecule has 0 fully saturated rings. The van der Waals surface area contributed by atoms with Crippen molar-refractivity contribution in [1.82, 2.24) is 0 Å². The molecule has 0 aromatic heterocycles. The summed E-state index contributed by atoms with van der Waals surface area (Å²) in [6.45, 7) is 3.25. The van der Waals surface area contributed by atoms with Gasteiger partial charge < -0.3 is 33.8 Å². The molecule has 48 heavy (non-hydrogen) atoms. The van der Waals surface area contributed by atoms with Crippen LogP contribution in [0.2, 0.25) is 0 Å². The molecule has 0 bridgehead atoms. The first kappa shape index (κ1) is 46.1. The summed E-state index contributed by atoms with van der Waals surface area (Å²) in [5.74, 6) is -2.38. The minimum atomic E-state index is -4.86. The van der Waals surface area contributed by atoms with Crippen molar-refractivity contribution in [3.63, 3.8) is 0 Å². The molecule has 19 heteroatoms. The molecule has 17 nitrogen and oxygen atoms in total. The number of phosphoric ester groups is 2. The molecule has 0 radical (unpaired) electrons. The molecule has 0 aliphatic heterocycles. The van der Waals surface area contributed by atoms with Gasteiger partial charge in [0, 0.05) is 25.7 Å². The molecule has 0 rings (SSSR count). The zero-order chi connectivity index (χ0) is 36.4. The molecule has 0 aliphatic carbocycles. The minimum absolute atomic E-state index is 0.0487. The van der Waals surface area contributed by atoms with Gasteiger partial charge in [-0.3, -0.25) is 37.3 Å². The van der Waals surface area contributed by atoms with Crippen LogP contribution < -0.4 is 0 Å². The van der Waals surface area contributed by atoms with Crippen molar-refractivity contribution in [1.29, 1.82) is 0 Å². The number of hydrogen-bond donors (Lipinski definition) is 3. The number of carbonyl (C=O) groups excluding carboxylic acids is 4. The number of rotatable bonds is 30. The molecule has 5 atom stereocenters. The molecule has 0 aliphatic rings. The van der Waals surface area contributed by atoms with Crippen molar-refractivity contribution in [2.75, 3.05) is 39.6 Å². The average molecular weight is 737 g/mol. The van der Waals surface area contributed by atoms with Crippen LogP contribution >= 0.6 is 15.6 Å². The first-order chi connectivity index (χ1) is 22.7. The lowest BCUT2D eigenvalue weighted by Gasteiger charge is -2.21. The van der Waals surface area contributed by atoms with Crippen molar-refractivity contribution in [3.8, 4) is 0 Å². The van der Waals surface area contributed by atoms with Crippen LogP contribution in [-0.4, -0.2) is 96.7 Å². The Morgan fingerprint density at radius 2 is 0.938 bits per heavy atom. The van der Waals surface area contributed by atoms with E-state index in [1.54, 1.807) is 13.8 Å². The van der Waals surface area contributed by atoms with E-state index in [1.807, 2.05) is 13.8 Å². The van der Waals surface area contributed by atoms with Gasteiger partial charge in [-0.15, -0.1) is 0 Å². The lowest BCUT2D eigenvalue weighted by molar-refractivity contribution is -0.161. The number of hydrogen-bond acceptors (Lipinski definition) is 15. The van der Waals surface area contributed by atoms with Gasteiger partial charge in [0.2, 0.25) is 0 Å². The Balaban J connectivity index is 4.87. The summed E-state index contributed by atoms with van der Waals surface area (Å²) in [4.78, 5) is 67.6. The van der Waals surface area contributed by atoms with Crippen molar-refractivity contribution in [2.45, 2.75) is 123 Å². The van der Waals surface area contributed by atoms with Crippen molar-refractivity contribution in [3.05, 3.63) is 0 Å². The summed E-state index contributed by atoms with van der Waals surface area (Å²) in [6, 6.07) is 0. The summed E-state index contributed by atoms with van der Waals surface area (Å²) in [7, 11) is -9.73. The van der Waals surface area contributed by atoms with Crippen LogP contribution in [0.3, 0.4) is 0 Å². The molecule has 0 amide bonds. The second-order valence-electron chi connectivity index (χ2n) is 10.7. The van der Waals surface area contributed by atoms with Gasteiger partial charge in [-0.2, -0.15) is 0 Å². The zero-order valence-electron chi connectivity index (χ0n) is 28.4. The van der Waals surface area contributed by atoms with Gasteiger partial charge in [-0.05, 0) is 19.3 Å². The van der Waals surface area contributed by atoms with Crippen LogP contribution in [0.15, 0.2) is 0 Å².